The van der Waals surface area contributed by atoms with Gasteiger partial charge in [-0.05, 0) is 54.7 Å². The molecule has 0 saturated heterocycles. The molecule has 3 aromatic rings. The fourth-order valence-corrected chi connectivity index (χ4v) is 4.16. The van der Waals surface area contributed by atoms with E-state index in [1.54, 1.807) is 11.0 Å². The Labute approximate surface area is 218 Å². The number of phenolic OH excluding ortho intramolecular Hbond substituents is 1. The van der Waals surface area contributed by atoms with Gasteiger partial charge < -0.3 is 31.5 Å². The van der Waals surface area contributed by atoms with Gasteiger partial charge in [-0.1, -0.05) is 60.7 Å². The molecule has 8 heteroatoms. The van der Waals surface area contributed by atoms with Gasteiger partial charge in [-0.2, -0.15) is 0 Å². The van der Waals surface area contributed by atoms with Crippen LogP contribution in [0.5, 0.6) is 5.75 Å². The first-order chi connectivity index (χ1) is 17.5. The lowest BCUT2D eigenvalue weighted by Crippen LogP contribution is -2.43. The number of β-amino-alcohol motifs (C(OH)–C–C–N with tert-alkyl or cyclic N) is 1. The number of nitrogens with zero attached hydrogens (tertiary/aromatic N) is 1. The number of amides is 3. The maximum Gasteiger partial charge on any atom is 0.316 e. The van der Waals surface area contributed by atoms with Crippen molar-refractivity contribution in [2.75, 3.05) is 18.9 Å². The van der Waals surface area contributed by atoms with Gasteiger partial charge in [0.15, 0.2) is 0 Å². The monoisotopic (exact) mass is 504 g/mol. The highest BCUT2D eigenvalue weighted by Gasteiger charge is 2.21. The number of rotatable bonds is 11. The minimum absolute atomic E-state index is 0.0561. The molecule has 0 radical (unpaired) electrons. The van der Waals surface area contributed by atoms with Crippen LogP contribution < -0.4 is 16.4 Å². The Hall–Kier alpha value is -3.88. The number of nitrogens with one attached hydrogen (secondary N) is 2. The number of carbonyl (C=O) groups excluding carboxylic acids is 2. The Balaban J connectivity index is 1.56. The number of primary amides is 1. The molecule has 0 unspecified atom stereocenters. The molecule has 3 amide bonds. The Morgan fingerprint density at radius 1 is 0.973 bits per heavy atom. The summed E-state index contributed by atoms with van der Waals surface area (Å²) in [5, 5.41) is 26.3. The minimum Gasteiger partial charge on any atom is -0.506 e. The Kier molecular flexibility index (Phi) is 9.27. The number of anilines is 1. The Bertz CT molecular complexity index is 1210. The average molecular weight is 505 g/mol. The fourth-order valence-electron chi connectivity index (χ4n) is 4.16. The molecule has 0 bridgehead atoms. The Morgan fingerprint density at radius 2 is 1.65 bits per heavy atom. The molecule has 0 saturated carbocycles. The first kappa shape index (κ1) is 27.7. The summed E-state index contributed by atoms with van der Waals surface area (Å²) < 4.78 is 0. The molecule has 0 heterocycles. The van der Waals surface area contributed by atoms with Crippen LogP contribution in [0.1, 0.15) is 42.2 Å². The van der Waals surface area contributed by atoms with Crippen LogP contribution in [-0.4, -0.2) is 46.2 Å². The van der Waals surface area contributed by atoms with Gasteiger partial charge in [-0.15, -0.1) is 0 Å². The number of hydrogen-bond donors (Lipinski definition) is 5. The largest absolute Gasteiger partial charge is 0.506 e. The normalized spacial score (nSPS) is 12.1. The second-order valence-corrected chi connectivity index (χ2v) is 9.96. The first-order valence-electron chi connectivity index (χ1n) is 12.2. The van der Waals surface area contributed by atoms with Crippen molar-refractivity contribution in [3.8, 4) is 5.75 Å². The molecule has 0 aliphatic heterocycles. The predicted molar refractivity (Wildman–Crippen MR) is 145 cm³/mol. The van der Waals surface area contributed by atoms with E-state index in [0.29, 0.717) is 24.9 Å². The number of aliphatic hydroxyl groups excluding tert-OH is 1. The van der Waals surface area contributed by atoms with Crippen LogP contribution in [0, 0.1) is 0 Å². The third kappa shape index (κ3) is 8.63. The van der Waals surface area contributed by atoms with Crippen LogP contribution in [0.25, 0.3) is 0 Å². The summed E-state index contributed by atoms with van der Waals surface area (Å²) in [7, 11) is 1.82. The van der Waals surface area contributed by atoms with Gasteiger partial charge in [0, 0.05) is 25.7 Å². The SMILES string of the molecule is CN(Cc1ccccc1)C(=O)Cc1cccc(CC(C)(C)NC[C@H](O)c2ccc(O)c(NC(N)=O)c2)c1. The van der Waals surface area contributed by atoms with Crippen molar-refractivity contribution >= 4 is 17.6 Å². The van der Waals surface area contributed by atoms with E-state index >= 15 is 0 Å². The lowest BCUT2D eigenvalue weighted by atomic mass is 9.93. The summed E-state index contributed by atoms with van der Waals surface area (Å²) in [6.07, 6.45) is 0.148. The van der Waals surface area contributed by atoms with Crippen molar-refractivity contribution in [2.45, 2.75) is 44.9 Å². The summed E-state index contributed by atoms with van der Waals surface area (Å²) in [6.45, 7) is 4.92. The maximum absolute atomic E-state index is 12.8. The molecular formula is C29H36N4O4. The second kappa shape index (κ2) is 12.4. The smallest absolute Gasteiger partial charge is 0.316 e. The molecule has 3 rings (SSSR count). The maximum atomic E-state index is 12.8. The van der Waals surface area contributed by atoms with Crippen molar-refractivity contribution in [3.63, 3.8) is 0 Å². The number of likely N-dealkylation sites (N-methyl/N-ethyl adjacent to an activating group) is 1. The fraction of sp³-hybridized carbons (Fsp3) is 0.310. The quantitative estimate of drug-likeness (QED) is 0.254. The number of phenols is 1. The van der Waals surface area contributed by atoms with Gasteiger partial charge in [0.1, 0.15) is 5.75 Å². The number of nitrogens with two attached hydrogens (primary N) is 1. The number of hydrogen-bond acceptors (Lipinski definition) is 5. The molecule has 196 valence electrons. The first-order valence-corrected chi connectivity index (χ1v) is 12.2. The highest BCUT2D eigenvalue weighted by molar-refractivity contribution is 5.89. The molecule has 6 N–H and O–H groups in total. The van der Waals surface area contributed by atoms with E-state index < -0.39 is 12.1 Å². The second-order valence-electron chi connectivity index (χ2n) is 9.96. The van der Waals surface area contributed by atoms with Crippen LogP contribution in [0.2, 0.25) is 0 Å². The third-order valence-electron chi connectivity index (χ3n) is 6.12. The zero-order valence-corrected chi connectivity index (χ0v) is 21.6. The highest BCUT2D eigenvalue weighted by Crippen LogP contribution is 2.27. The van der Waals surface area contributed by atoms with Crippen LogP contribution in [0.15, 0.2) is 72.8 Å². The van der Waals surface area contributed by atoms with E-state index in [4.69, 9.17) is 5.73 Å². The molecule has 0 fully saturated rings. The third-order valence-corrected chi connectivity index (χ3v) is 6.12. The van der Waals surface area contributed by atoms with Gasteiger partial charge in [-0.3, -0.25) is 4.79 Å². The number of carbonyl (C=O) groups is 2. The molecule has 0 spiro atoms. The number of urea groups is 1. The molecule has 0 aliphatic rings. The lowest BCUT2D eigenvalue weighted by Gasteiger charge is -2.28. The van der Waals surface area contributed by atoms with E-state index in [0.717, 1.165) is 16.7 Å². The van der Waals surface area contributed by atoms with Gasteiger partial charge in [0.2, 0.25) is 5.91 Å². The minimum atomic E-state index is -0.864. The summed E-state index contributed by atoms with van der Waals surface area (Å²) in [4.78, 5) is 25.6. The van der Waals surface area contributed by atoms with Crippen molar-refractivity contribution in [2.24, 2.45) is 5.73 Å². The van der Waals surface area contributed by atoms with E-state index in [9.17, 15) is 19.8 Å². The van der Waals surface area contributed by atoms with E-state index in [1.165, 1.54) is 12.1 Å². The van der Waals surface area contributed by atoms with Crippen molar-refractivity contribution < 1.29 is 19.8 Å². The highest BCUT2D eigenvalue weighted by atomic mass is 16.3. The predicted octanol–water partition coefficient (Wildman–Crippen LogP) is 3.73. The van der Waals surface area contributed by atoms with Crippen LogP contribution in [-0.2, 0) is 24.2 Å². The van der Waals surface area contributed by atoms with Crippen LogP contribution in [0.3, 0.4) is 0 Å². The summed E-state index contributed by atoms with van der Waals surface area (Å²) in [5.74, 6) is -0.0757. The molecule has 0 aliphatic carbocycles. The van der Waals surface area contributed by atoms with Gasteiger partial charge in [0.05, 0.1) is 18.2 Å². The number of aliphatic hydroxyl groups is 1. The van der Waals surface area contributed by atoms with E-state index in [2.05, 4.69) is 16.7 Å². The van der Waals surface area contributed by atoms with Gasteiger partial charge >= 0.3 is 6.03 Å². The summed E-state index contributed by atoms with van der Waals surface area (Å²) >= 11 is 0. The zero-order chi connectivity index (χ0) is 27.0. The molecule has 0 aromatic heterocycles. The molecule has 3 aromatic carbocycles. The summed E-state index contributed by atoms with van der Waals surface area (Å²) in [5.41, 5.74) is 8.59. The Morgan fingerprint density at radius 3 is 2.35 bits per heavy atom. The zero-order valence-electron chi connectivity index (χ0n) is 21.6. The van der Waals surface area contributed by atoms with Gasteiger partial charge in [0.25, 0.3) is 0 Å². The molecule has 1 atom stereocenters. The van der Waals surface area contributed by atoms with Crippen LogP contribution >= 0.6 is 0 Å². The number of aromatic hydroxyl groups is 1. The molecular weight excluding hydrogens is 468 g/mol. The average Bonchev–Trinajstić information content (AvgIpc) is 2.84. The van der Waals surface area contributed by atoms with Crippen LogP contribution in [0.4, 0.5) is 10.5 Å². The molecule has 8 nitrogen and oxygen atoms in total. The van der Waals surface area contributed by atoms with E-state index in [1.807, 2.05) is 69.4 Å². The summed E-state index contributed by atoms with van der Waals surface area (Å²) in [6, 6.07) is 21.6. The van der Waals surface area contributed by atoms with E-state index in [-0.39, 0.29) is 29.4 Å². The van der Waals surface area contributed by atoms with Crippen molar-refractivity contribution in [1.29, 1.82) is 0 Å². The standard InChI is InChI=1S/C29H36N4O4/c1-29(2,31-18-26(35)23-12-13-25(34)24(16-23)32-28(30)37)17-22-11-7-10-21(14-22)15-27(36)33(3)19-20-8-5-4-6-9-20/h4-14,16,26,31,34-35H,15,17-19H2,1-3H3,(H3,30,32,37)/t26-/m0/s1. The lowest BCUT2D eigenvalue weighted by molar-refractivity contribution is -0.129. The number of benzene rings is 3. The van der Waals surface area contributed by atoms with Gasteiger partial charge in [-0.25, -0.2) is 4.79 Å². The topological polar surface area (TPSA) is 128 Å². The van der Waals surface area contributed by atoms with Crippen molar-refractivity contribution in [3.05, 3.63) is 95.1 Å². The molecule has 37 heavy (non-hydrogen) atoms. The van der Waals surface area contributed by atoms with Crippen molar-refractivity contribution in [1.82, 2.24) is 10.2 Å².